The molecule has 134 valence electrons. The summed E-state index contributed by atoms with van der Waals surface area (Å²) < 4.78 is 5.72. The summed E-state index contributed by atoms with van der Waals surface area (Å²) in [6.45, 7) is 4.45. The van der Waals surface area contributed by atoms with Gasteiger partial charge in [-0.25, -0.2) is 9.78 Å². The maximum Gasteiger partial charge on any atom is 0.322 e. The zero-order chi connectivity index (χ0) is 18.1. The summed E-state index contributed by atoms with van der Waals surface area (Å²) in [5.41, 5.74) is 1.59. The number of hydrogen-bond acceptors (Lipinski definition) is 4. The number of urea groups is 1. The minimum atomic E-state index is -0.148. The van der Waals surface area contributed by atoms with Crippen molar-refractivity contribution in [3.05, 3.63) is 53.8 Å². The lowest BCUT2D eigenvalue weighted by Crippen LogP contribution is -2.35. The molecule has 0 spiro atoms. The van der Waals surface area contributed by atoms with E-state index in [1.54, 1.807) is 4.90 Å². The molecule has 1 fully saturated rings. The fourth-order valence-corrected chi connectivity index (χ4v) is 3.36. The average Bonchev–Trinajstić information content (AvgIpc) is 3.35. The second kappa shape index (κ2) is 6.67. The number of aromatic nitrogens is 3. The highest BCUT2D eigenvalue weighted by molar-refractivity contribution is 5.94. The predicted octanol–water partition coefficient (Wildman–Crippen LogP) is 4.05. The van der Waals surface area contributed by atoms with E-state index < -0.39 is 0 Å². The molecule has 1 saturated heterocycles. The number of para-hydroxylation sites is 1. The van der Waals surface area contributed by atoms with Crippen molar-refractivity contribution in [2.45, 2.75) is 32.7 Å². The molecule has 1 aromatic carbocycles. The van der Waals surface area contributed by atoms with E-state index in [9.17, 15) is 4.79 Å². The molecule has 1 atom stereocenters. The van der Waals surface area contributed by atoms with Crippen molar-refractivity contribution in [1.29, 1.82) is 0 Å². The van der Waals surface area contributed by atoms with Crippen LogP contribution in [-0.2, 0) is 0 Å². The minimum Gasteiger partial charge on any atom is -0.461 e. The maximum absolute atomic E-state index is 12.9. The molecular formula is C19H21N5O2. The van der Waals surface area contributed by atoms with E-state index in [2.05, 4.69) is 20.5 Å². The summed E-state index contributed by atoms with van der Waals surface area (Å²) in [5, 5.41) is 10.1. The van der Waals surface area contributed by atoms with Crippen LogP contribution in [-0.4, -0.2) is 32.7 Å². The van der Waals surface area contributed by atoms with Gasteiger partial charge in [-0.05, 0) is 51.0 Å². The van der Waals surface area contributed by atoms with Gasteiger partial charge in [0.1, 0.15) is 17.3 Å². The van der Waals surface area contributed by atoms with Gasteiger partial charge in [0.2, 0.25) is 0 Å². The topological polar surface area (TPSA) is 87.1 Å². The van der Waals surface area contributed by atoms with E-state index in [-0.39, 0.29) is 12.1 Å². The second-order valence-electron chi connectivity index (χ2n) is 6.52. The van der Waals surface area contributed by atoms with Crippen LogP contribution in [0.1, 0.15) is 36.3 Å². The first-order valence-corrected chi connectivity index (χ1v) is 8.74. The Hall–Kier alpha value is -3.09. The van der Waals surface area contributed by atoms with E-state index >= 15 is 0 Å². The molecule has 0 bridgehead atoms. The molecule has 2 amide bonds. The van der Waals surface area contributed by atoms with Crippen LogP contribution in [0.15, 0.2) is 40.8 Å². The minimum absolute atomic E-state index is 0.0991. The normalized spacial score (nSPS) is 16.8. The van der Waals surface area contributed by atoms with Crippen LogP contribution in [0.4, 0.5) is 10.5 Å². The molecule has 2 N–H and O–H groups in total. The Morgan fingerprint density at radius 1 is 1.27 bits per heavy atom. The lowest BCUT2D eigenvalue weighted by atomic mass is 10.1. The van der Waals surface area contributed by atoms with Gasteiger partial charge in [-0.1, -0.05) is 12.1 Å². The lowest BCUT2D eigenvalue weighted by Gasteiger charge is -2.23. The highest BCUT2D eigenvalue weighted by Crippen LogP contribution is 2.33. The van der Waals surface area contributed by atoms with Crippen molar-refractivity contribution < 1.29 is 9.21 Å². The lowest BCUT2D eigenvalue weighted by molar-refractivity contribution is 0.205. The third-order valence-corrected chi connectivity index (χ3v) is 4.60. The standard InChI is InChI=1S/C19H21N5O2/c1-12-9-10-17(26-12)14-6-3-4-7-15(14)21-19(25)24-11-5-8-16(24)18-20-13(2)22-23-18/h3-4,6-7,9-10,16H,5,8,11H2,1-2H3,(H,21,25)(H,20,22,23)/t16-/m0/s1. The van der Waals surface area contributed by atoms with Crippen LogP contribution in [0.5, 0.6) is 0 Å². The number of likely N-dealkylation sites (tertiary alicyclic amines) is 1. The van der Waals surface area contributed by atoms with Crippen molar-refractivity contribution in [3.63, 3.8) is 0 Å². The summed E-state index contributed by atoms with van der Waals surface area (Å²) >= 11 is 0. The number of hydrogen-bond donors (Lipinski definition) is 2. The molecule has 3 aromatic rings. The van der Waals surface area contributed by atoms with Gasteiger partial charge in [0.15, 0.2) is 5.82 Å². The summed E-state index contributed by atoms with van der Waals surface area (Å²) in [5.74, 6) is 3.00. The van der Waals surface area contributed by atoms with Gasteiger partial charge in [0.25, 0.3) is 0 Å². The number of benzene rings is 1. The second-order valence-corrected chi connectivity index (χ2v) is 6.52. The number of nitrogens with one attached hydrogen (secondary N) is 2. The monoisotopic (exact) mass is 351 g/mol. The number of carbonyl (C=O) groups is 1. The summed E-state index contributed by atoms with van der Waals surface area (Å²) in [4.78, 5) is 19.1. The number of aromatic amines is 1. The van der Waals surface area contributed by atoms with Gasteiger partial charge in [-0.15, -0.1) is 0 Å². The largest absolute Gasteiger partial charge is 0.461 e. The first-order valence-electron chi connectivity index (χ1n) is 8.74. The molecular weight excluding hydrogens is 330 g/mol. The molecule has 0 saturated carbocycles. The fourth-order valence-electron chi connectivity index (χ4n) is 3.36. The number of furan rings is 1. The molecule has 1 aliphatic heterocycles. The fraction of sp³-hybridized carbons (Fsp3) is 0.316. The first-order chi connectivity index (χ1) is 12.6. The van der Waals surface area contributed by atoms with Crippen LogP contribution in [0.25, 0.3) is 11.3 Å². The molecule has 3 heterocycles. The van der Waals surface area contributed by atoms with Crippen molar-refractivity contribution in [1.82, 2.24) is 20.1 Å². The van der Waals surface area contributed by atoms with E-state index in [0.717, 1.165) is 41.4 Å². The molecule has 0 unspecified atom stereocenters. The number of anilines is 1. The average molecular weight is 351 g/mol. The van der Waals surface area contributed by atoms with Crippen molar-refractivity contribution >= 4 is 11.7 Å². The predicted molar refractivity (Wildman–Crippen MR) is 97.7 cm³/mol. The first kappa shape index (κ1) is 16.4. The Kier molecular flexibility index (Phi) is 4.20. The molecule has 4 rings (SSSR count). The Bertz CT molecular complexity index is 929. The van der Waals surface area contributed by atoms with Gasteiger partial charge in [0.05, 0.1) is 11.7 Å². The van der Waals surface area contributed by atoms with Crippen LogP contribution in [0.2, 0.25) is 0 Å². The van der Waals surface area contributed by atoms with Crippen LogP contribution in [0.3, 0.4) is 0 Å². The Labute approximate surface area is 151 Å². The van der Waals surface area contributed by atoms with Crippen LogP contribution >= 0.6 is 0 Å². The molecule has 7 nitrogen and oxygen atoms in total. The van der Waals surface area contributed by atoms with Crippen LogP contribution in [0, 0.1) is 13.8 Å². The summed E-state index contributed by atoms with van der Waals surface area (Å²) in [7, 11) is 0. The maximum atomic E-state index is 12.9. The molecule has 0 radical (unpaired) electrons. The van der Waals surface area contributed by atoms with E-state index in [4.69, 9.17) is 4.42 Å². The Balaban J connectivity index is 1.57. The third kappa shape index (κ3) is 3.08. The van der Waals surface area contributed by atoms with E-state index in [1.807, 2.05) is 50.2 Å². The number of H-pyrrole nitrogens is 1. The number of aryl methyl sites for hydroxylation is 2. The Morgan fingerprint density at radius 3 is 2.85 bits per heavy atom. The number of nitrogens with zero attached hydrogens (tertiary/aromatic N) is 3. The van der Waals surface area contributed by atoms with Gasteiger partial charge < -0.3 is 14.6 Å². The summed E-state index contributed by atoms with van der Waals surface area (Å²) in [6, 6.07) is 11.2. The zero-order valence-electron chi connectivity index (χ0n) is 14.8. The molecule has 1 aliphatic rings. The van der Waals surface area contributed by atoms with E-state index in [1.165, 1.54) is 0 Å². The van der Waals surface area contributed by atoms with Crippen molar-refractivity contribution in [2.24, 2.45) is 0 Å². The number of carbonyl (C=O) groups excluding carboxylic acids is 1. The quantitative estimate of drug-likeness (QED) is 0.745. The number of amides is 2. The van der Waals surface area contributed by atoms with E-state index in [0.29, 0.717) is 12.4 Å². The third-order valence-electron chi connectivity index (χ3n) is 4.60. The highest BCUT2D eigenvalue weighted by atomic mass is 16.3. The van der Waals surface area contributed by atoms with Crippen molar-refractivity contribution in [2.75, 3.05) is 11.9 Å². The Morgan fingerprint density at radius 2 is 2.12 bits per heavy atom. The zero-order valence-corrected chi connectivity index (χ0v) is 14.8. The smallest absolute Gasteiger partial charge is 0.322 e. The van der Waals surface area contributed by atoms with Crippen LogP contribution < -0.4 is 5.32 Å². The highest BCUT2D eigenvalue weighted by Gasteiger charge is 2.33. The molecule has 2 aromatic heterocycles. The van der Waals surface area contributed by atoms with Gasteiger partial charge in [-0.2, -0.15) is 5.10 Å². The van der Waals surface area contributed by atoms with Gasteiger partial charge in [-0.3, -0.25) is 5.10 Å². The molecule has 7 heteroatoms. The van der Waals surface area contributed by atoms with Gasteiger partial charge >= 0.3 is 6.03 Å². The van der Waals surface area contributed by atoms with Crippen molar-refractivity contribution in [3.8, 4) is 11.3 Å². The van der Waals surface area contributed by atoms with Gasteiger partial charge in [0, 0.05) is 12.1 Å². The number of rotatable bonds is 3. The SMILES string of the molecule is Cc1nc([C@@H]2CCCN2C(=O)Nc2ccccc2-c2ccc(C)o2)n[nH]1. The molecule has 0 aliphatic carbocycles. The molecule has 26 heavy (non-hydrogen) atoms. The summed E-state index contributed by atoms with van der Waals surface area (Å²) in [6.07, 6.45) is 1.80.